The Hall–Kier alpha value is -0.0900. The van der Waals surface area contributed by atoms with Crippen molar-refractivity contribution in [3.05, 3.63) is 0 Å². The molecule has 1 rings (SSSR count). The van der Waals surface area contributed by atoms with Gasteiger partial charge in [0.15, 0.2) is 9.84 Å². The SMILES string of the molecule is CCCC1(CN)CS(=O)(=O)C1. The molecule has 0 aliphatic carbocycles. The standard InChI is InChI=1S/C7H15NO2S/c1-2-3-7(4-8)5-11(9,10)6-7/h2-6,8H2,1H3. The van der Waals surface area contributed by atoms with E-state index in [0.717, 1.165) is 12.8 Å². The normalized spacial score (nSPS) is 26.0. The second kappa shape index (κ2) is 2.75. The predicted octanol–water partition coefficient (Wildman–Crippen LogP) is 0.160. The summed E-state index contributed by atoms with van der Waals surface area (Å²) >= 11 is 0. The Morgan fingerprint density at radius 3 is 2.27 bits per heavy atom. The lowest BCUT2D eigenvalue weighted by Crippen LogP contribution is -2.52. The molecule has 1 heterocycles. The summed E-state index contributed by atoms with van der Waals surface area (Å²) in [6, 6.07) is 0. The van der Waals surface area contributed by atoms with Crippen LogP contribution < -0.4 is 5.73 Å². The van der Waals surface area contributed by atoms with Gasteiger partial charge in [-0.05, 0) is 13.0 Å². The van der Waals surface area contributed by atoms with Gasteiger partial charge in [-0.15, -0.1) is 0 Å². The molecule has 0 saturated carbocycles. The molecular formula is C7H15NO2S. The molecule has 0 atom stereocenters. The van der Waals surface area contributed by atoms with E-state index in [2.05, 4.69) is 6.92 Å². The van der Waals surface area contributed by atoms with Crippen molar-refractivity contribution in [3.63, 3.8) is 0 Å². The number of nitrogens with two attached hydrogens (primary N) is 1. The largest absolute Gasteiger partial charge is 0.330 e. The maximum Gasteiger partial charge on any atom is 0.151 e. The third kappa shape index (κ3) is 1.73. The summed E-state index contributed by atoms with van der Waals surface area (Å²) < 4.78 is 21.8. The van der Waals surface area contributed by atoms with E-state index in [9.17, 15) is 8.42 Å². The van der Waals surface area contributed by atoms with Crippen molar-refractivity contribution >= 4 is 9.84 Å². The summed E-state index contributed by atoms with van der Waals surface area (Å²) in [5, 5.41) is 0. The summed E-state index contributed by atoms with van der Waals surface area (Å²) in [4.78, 5) is 0. The van der Waals surface area contributed by atoms with E-state index in [0.29, 0.717) is 18.1 Å². The highest BCUT2D eigenvalue weighted by molar-refractivity contribution is 7.92. The van der Waals surface area contributed by atoms with Gasteiger partial charge in [-0.1, -0.05) is 13.3 Å². The van der Waals surface area contributed by atoms with Crippen LogP contribution in [0.4, 0.5) is 0 Å². The van der Waals surface area contributed by atoms with Crippen LogP contribution >= 0.6 is 0 Å². The molecule has 66 valence electrons. The molecule has 0 amide bonds. The Morgan fingerprint density at radius 2 is 2.00 bits per heavy atom. The van der Waals surface area contributed by atoms with Gasteiger partial charge in [0, 0.05) is 5.41 Å². The van der Waals surface area contributed by atoms with Gasteiger partial charge in [0.1, 0.15) is 0 Å². The summed E-state index contributed by atoms with van der Waals surface area (Å²) in [5.74, 6) is 0.620. The Bertz CT molecular complexity index is 221. The van der Waals surface area contributed by atoms with Gasteiger partial charge in [0.05, 0.1) is 11.5 Å². The lowest BCUT2D eigenvalue weighted by atomic mass is 9.87. The second-order valence-electron chi connectivity index (χ2n) is 3.49. The van der Waals surface area contributed by atoms with Crippen molar-refractivity contribution in [3.8, 4) is 0 Å². The molecule has 3 nitrogen and oxygen atoms in total. The molecule has 0 aromatic rings. The molecule has 0 spiro atoms. The number of hydrogen-bond acceptors (Lipinski definition) is 3. The third-order valence-electron chi connectivity index (χ3n) is 2.27. The Kier molecular flexibility index (Phi) is 2.25. The Balaban J connectivity index is 2.56. The summed E-state index contributed by atoms with van der Waals surface area (Å²) in [6.45, 7) is 2.57. The van der Waals surface area contributed by atoms with Gasteiger partial charge < -0.3 is 5.73 Å². The highest BCUT2D eigenvalue weighted by atomic mass is 32.2. The lowest BCUT2D eigenvalue weighted by Gasteiger charge is -2.39. The van der Waals surface area contributed by atoms with Crippen LogP contribution in [0.3, 0.4) is 0 Å². The van der Waals surface area contributed by atoms with E-state index < -0.39 is 9.84 Å². The Morgan fingerprint density at radius 1 is 1.45 bits per heavy atom. The number of rotatable bonds is 3. The van der Waals surface area contributed by atoms with E-state index in [1.54, 1.807) is 0 Å². The molecule has 11 heavy (non-hydrogen) atoms. The van der Waals surface area contributed by atoms with Crippen LogP contribution in [0.25, 0.3) is 0 Å². The van der Waals surface area contributed by atoms with Crippen LogP contribution in [0.1, 0.15) is 19.8 Å². The van der Waals surface area contributed by atoms with E-state index in [1.807, 2.05) is 0 Å². The average Bonchev–Trinajstić information content (AvgIpc) is 1.84. The zero-order valence-electron chi connectivity index (χ0n) is 6.84. The monoisotopic (exact) mass is 177 g/mol. The average molecular weight is 177 g/mol. The zero-order chi connectivity index (χ0) is 8.54. The van der Waals surface area contributed by atoms with Crippen molar-refractivity contribution in [1.82, 2.24) is 0 Å². The first-order valence-corrected chi connectivity index (χ1v) is 5.76. The molecule has 0 bridgehead atoms. The van der Waals surface area contributed by atoms with Crippen molar-refractivity contribution in [2.75, 3.05) is 18.1 Å². The Labute approximate surface area is 67.9 Å². The van der Waals surface area contributed by atoms with Crippen molar-refractivity contribution < 1.29 is 8.42 Å². The lowest BCUT2D eigenvalue weighted by molar-refractivity contribution is 0.313. The minimum absolute atomic E-state index is 0.0619. The first-order chi connectivity index (χ1) is 5.04. The summed E-state index contributed by atoms with van der Waals surface area (Å²) in [6.07, 6.45) is 1.97. The molecule has 1 fully saturated rings. The minimum atomic E-state index is -2.70. The minimum Gasteiger partial charge on any atom is -0.330 e. The molecule has 0 aromatic heterocycles. The van der Waals surface area contributed by atoms with Crippen molar-refractivity contribution in [1.29, 1.82) is 0 Å². The van der Waals surface area contributed by atoms with Crippen LogP contribution in [-0.4, -0.2) is 26.5 Å². The van der Waals surface area contributed by atoms with E-state index in [-0.39, 0.29) is 5.41 Å². The smallest absolute Gasteiger partial charge is 0.151 e. The van der Waals surface area contributed by atoms with Gasteiger partial charge in [-0.25, -0.2) is 8.42 Å². The number of sulfone groups is 1. The van der Waals surface area contributed by atoms with Crippen LogP contribution in [0.15, 0.2) is 0 Å². The molecule has 0 unspecified atom stereocenters. The molecule has 4 heteroatoms. The zero-order valence-corrected chi connectivity index (χ0v) is 7.65. The highest BCUT2D eigenvalue weighted by Crippen LogP contribution is 2.35. The third-order valence-corrected chi connectivity index (χ3v) is 4.37. The molecular weight excluding hydrogens is 162 g/mol. The van der Waals surface area contributed by atoms with Gasteiger partial charge >= 0.3 is 0 Å². The van der Waals surface area contributed by atoms with Gasteiger partial charge in [-0.3, -0.25) is 0 Å². The van der Waals surface area contributed by atoms with Crippen molar-refractivity contribution in [2.45, 2.75) is 19.8 Å². The first-order valence-electron chi connectivity index (χ1n) is 3.94. The topological polar surface area (TPSA) is 60.2 Å². The van der Waals surface area contributed by atoms with Gasteiger partial charge in [0.25, 0.3) is 0 Å². The first kappa shape index (κ1) is 9.00. The van der Waals surface area contributed by atoms with Crippen LogP contribution in [0, 0.1) is 5.41 Å². The molecule has 1 saturated heterocycles. The van der Waals surface area contributed by atoms with Crippen LogP contribution in [0.5, 0.6) is 0 Å². The van der Waals surface area contributed by atoms with Gasteiger partial charge in [0.2, 0.25) is 0 Å². The maximum absolute atomic E-state index is 10.9. The molecule has 0 aromatic carbocycles. The molecule has 1 aliphatic heterocycles. The van der Waals surface area contributed by atoms with E-state index in [1.165, 1.54) is 0 Å². The number of hydrogen-bond donors (Lipinski definition) is 1. The fourth-order valence-electron chi connectivity index (χ4n) is 1.79. The predicted molar refractivity (Wildman–Crippen MR) is 45.0 cm³/mol. The highest BCUT2D eigenvalue weighted by Gasteiger charge is 2.46. The van der Waals surface area contributed by atoms with E-state index in [4.69, 9.17) is 5.73 Å². The van der Waals surface area contributed by atoms with Gasteiger partial charge in [-0.2, -0.15) is 0 Å². The quantitative estimate of drug-likeness (QED) is 0.668. The maximum atomic E-state index is 10.9. The van der Waals surface area contributed by atoms with E-state index >= 15 is 0 Å². The van der Waals surface area contributed by atoms with Crippen LogP contribution in [0.2, 0.25) is 0 Å². The van der Waals surface area contributed by atoms with Crippen LogP contribution in [-0.2, 0) is 9.84 Å². The van der Waals surface area contributed by atoms with Crippen molar-refractivity contribution in [2.24, 2.45) is 11.1 Å². The molecule has 2 N–H and O–H groups in total. The molecule has 0 radical (unpaired) electrons. The fourth-order valence-corrected chi connectivity index (χ4v) is 4.09. The second-order valence-corrected chi connectivity index (χ2v) is 5.55. The summed E-state index contributed by atoms with van der Waals surface area (Å²) in [5.41, 5.74) is 5.45. The summed E-state index contributed by atoms with van der Waals surface area (Å²) in [7, 11) is -2.70. The molecule has 1 aliphatic rings. The fraction of sp³-hybridized carbons (Fsp3) is 1.00.